The van der Waals surface area contributed by atoms with Gasteiger partial charge in [-0.05, 0) is 64.9 Å². The standard InChI is InChI=1S/C35H35ClN2O3/c36-31-10-5-11-32(22-31)41-25-35(23-34(40)38-17-14-28-7-2-4-9-30(28)24-38)15-18-37(19-16-35)33(39)21-26-12-13-27-6-1-3-8-29(27)20-26/h1-13,20,22H,14-19,21,23-25H2. The van der Waals surface area contributed by atoms with Crippen molar-refractivity contribution in [2.24, 2.45) is 5.41 Å². The summed E-state index contributed by atoms with van der Waals surface area (Å²) in [4.78, 5) is 30.9. The normalized spacial score (nSPS) is 16.3. The van der Waals surface area contributed by atoms with Crippen LogP contribution in [-0.2, 0) is 29.0 Å². The number of halogens is 1. The van der Waals surface area contributed by atoms with Gasteiger partial charge in [-0.15, -0.1) is 0 Å². The van der Waals surface area contributed by atoms with Gasteiger partial charge in [0.05, 0.1) is 13.0 Å². The molecule has 0 bridgehead atoms. The third-order valence-corrected chi connectivity index (χ3v) is 8.93. The number of fused-ring (bicyclic) bond motifs is 2. The number of likely N-dealkylation sites (tertiary alicyclic amines) is 1. The van der Waals surface area contributed by atoms with E-state index >= 15 is 0 Å². The maximum atomic E-state index is 13.7. The average molecular weight is 567 g/mol. The lowest BCUT2D eigenvalue weighted by Gasteiger charge is -2.42. The number of ether oxygens (including phenoxy) is 1. The van der Waals surface area contributed by atoms with E-state index in [2.05, 4.69) is 42.5 Å². The molecule has 1 saturated heterocycles. The lowest BCUT2D eigenvalue weighted by atomic mass is 9.75. The summed E-state index contributed by atoms with van der Waals surface area (Å²) >= 11 is 6.20. The molecule has 0 radical (unpaired) electrons. The zero-order valence-electron chi connectivity index (χ0n) is 23.2. The minimum Gasteiger partial charge on any atom is -0.493 e. The summed E-state index contributed by atoms with van der Waals surface area (Å²) in [5.74, 6) is 0.986. The van der Waals surface area contributed by atoms with E-state index in [9.17, 15) is 9.59 Å². The Morgan fingerprint density at radius 3 is 2.32 bits per heavy atom. The molecule has 0 N–H and O–H groups in total. The van der Waals surface area contributed by atoms with Crippen molar-refractivity contribution < 1.29 is 14.3 Å². The van der Waals surface area contributed by atoms with Gasteiger partial charge in [-0.3, -0.25) is 9.59 Å². The number of hydrogen-bond donors (Lipinski definition) is 0. The highest BCUT2D eigenvalue weighted by atomic mass is 35.5. The van der Waals surface area contributed by atoms with Crippen molar-refractivity contribution in [2.75, 3.05) is 26.2 Å². The van der Waals surface area contributed by atoms with Crippen LogP contribution < -0.4 is 4.74 Å². The van der Waals surface area contributed by atoms with Crippen LogP contribution in [0.15, 0.2) is 91.0 Å². The van der Waals surface area contributed by atoms with Crippen molar-refractivity contribution >= 4 is 34.2 Å². The Hall–Kier alpha value is -3.83. The van der Waals surface area contributed by atoms with Crippen molar-refractivity contribution in [1.82, 2.24) is 9.80 Å². The molecule has 0 unspecified atom stereocenters. The van der Waals surface area contributed by atoms with Crippen LogP contribution in [0.4, 0.5) is 0 Å². The van der Waals surface area contributed by atoms with Gasteiger partial charge in [0.15, 0.2) is 0 Å². The predicted molar refractivity (Wildman–Crippen MR) is 163 cm³/mol. The molecule has 0 aromatic heterocycles. The summed E-state index contributed by atoms with van der Waals surface area (Å²) in [7, 11) is 0. The molecule has 2 aliphatic heterocycles. The summed E-state index contributed by atoms with van der Waals surface area (Å²) in [6.45, 7) is 3.02. The van der Waals surface area contributed by atoms with Crippen LogP contribution in [0.1, 0.15) is 36.0 Å². The van der Waals surface area contributed by atoms with E-state index in [1.54, 1.807) is 6.07 Å². The summed E-state index contributed by atoms with van der Waals surface area (Å²) in [5.41, 5.74) is 3.23. The van der Waals surface area contributed by atoms with Crippen molar-refractivity contribution in [2.45, 2.75) is 38.6 Å². The van der Waals surface area contributed by atoms with E-state index in [1.807, 2.05) is 52.3 Å². The second kappa shape index (κ2) is 12.0. The topological polar surface area (TPSA) is 49.9 Å². The molecule has 2 aliphatic rings. The van der Waals surface area contributed by atoms with Crippen molar-refractivity contribution in [1.29, 1.82) is 0 Å². The largest absolute Gasteiger partial charge is 0.493 e. The van der Waals surface area contributed by atoms with Crippen LogP contribution in [0.5, 0.6) is 5.75 Å². The number of carbonyl (C=O) groups is 2. The first kappa shape index (κ1) is 27.3. The monoisotopic (exact) mass is 566 g/mol. The molecule has 2 amide bonds. The molecular weight excluding hydrogens is 532 g/mol. The first-order valence-corrected chi connectivity index (χ1v) is 14.8. The molecule has 1 fully saturated rings. The minimum atomic E-state index is -0.351. The van der Waals surface area contributed by atoms with E-state index in [-0.39, 0.29) is 17.2 Å². The minimum absolute atomic E-state index is 0.128. The highest BCUT2D eigenvalue weighted by Crippen LogP contribution is 2.38. The van der Waals surface area contributed by atoms with Crippen LogP contribution in [0, 0.1) is 5.41 Å². The van der Waals surface area contributed by atoms with Crippen LogP contribution in [0.25, 0.3) is 10.8 Å². The summed E-state index contributed by atoms with van der Waals surface area (Å²) in [6, 6.07) is 30.2. The fourth-order valence-electron chi connectivity index (χ4n) is 6.17. The molecule has 0 saturated carbocycles. The molecule has 0 spiro atoms. The van der Waals surface area contributed by atoms with Crippen molar-refractivity contribution in [3.8, 4) is 5.75 Å². The zero-order chi connectivity index (χ0) is 28.2. The number of rotatable bonds is 7. The quantitative estimate of drug-likeness (QED) is 0.250. The Kier molecular flexibility index (Phi) is 7.97. The molecule has 210 valence electrons. The van der Waals surface area contributed by atoms with Gasteiger partial charge in [-0.25, -0.2) is 0 Å². The molecule has 41 heavy (non-hydrogen) atoms. The highest BCUT2D eigenvalue weighted by Gasteiger charge is 2.40. The van der Waals surface area contributed by atoms with Crippen LogP contribution >= 0.6 is 11.6 Å². The average Bonchev–Trinajstić information content (AvgIpc) is 3.00. The van der Waals surface area contributed by atoms with Gasteiger partial charge in [0, 0.05) is 43.0 Å². The van der Waals surface area contributed by atoms with Crippen LogP contribution in [0.2, 0.25) is 5.02 Å². The van der Waals surface area contributed by atoms with Crippen LogP contribution in [-0.4, -0.2) is 47.9 Å². The first-order valence-electron chi connectivity index (χ1n) is 14.4. The third kappa shape index (κ3) is 6.41. The fourth-order valence-corrected chi connectivity index (χ4v) is 6.35. The molecule has 6 rings (SSSR count). The van der Waals surface area contributed by atoms with Crippen molar-refractivity contribution in [3.05, 3.63) is 113 Å². The second-order valence-electron chi connectivity index (χ2n) is 11.5. The second-order valence-corrected chi connectivity index (χ2v) is 11.9. The molecule has 4 aromatic rings. The number of amides is 2. The third-order valence-electron chi connectivity index (χ3n) is 8.70. The van der Waals surface area contributed by atoms with Gasteiger partial charge in [-0.1, -0.05) is 84.4 Å². The van der Waals surface area contributed by atoms with Gasteiger partial charge in [0.25, 0.3) is 0 Å². The number of carbonyl (C=O) groups excluding carboxylic acids is 2. The zero-order valence-corrected chi connectivity index (χ0v) is 24.0. The maximum Gasteiger partial charge on any atom is 0.226 e. The number of piperidine rings is 1. The van der Waals surface area contributed by atoms with Gasteiger partial charge in [-0.2, -0.15) is 0 Å². The lowest BCUT2D eigenvalue weighted by molar-refractivity contribution is -0.138. The van der Waals surface area contributed by atoms with Gasteiger partial charge >= 0.3 is 0 Å². The Balaban J connectivity index is 1.13. The van der Waals surface area contributed by atoms with Gasteiger partial charge in [0.1, 0.15) is 5.75 Å². The Morgan fingerprint density at radius 1 is 0.756 bits per heavy atom. The number of hydrogen-bond acceptors (Lipinski definition) is 3. The van der Waals surface area contributed by atoms with Crippen LogP contribution in [0.3, 0.4) is 0 Å². The molecule has 2 heterocycles. The highest BCUT2D eigenvalue weighted by molar-refractivity contribution is 6.30. The van der Waals surface area contributed by atoms with E-state index in [0.29, 0.717) is 62.7 Å². The Bertz CT molecular complexity index is 1560. The van der Waals surface area contributed by atoms with E-state index in [4.69, 9.17) is 16.3 Å². The SMILES string of the molecule is O=C(Cc1ccc2ccccc2c1)N1CCC(COc2cccc(Cl)c2)(CC(=O)N2CCc3ccccc3C2)CC1. The van der Waals surface area contributed by atoms with Gasteiger partial charge in [0.2, 0.25) is 11.8 Å². The Morgan fingerprint density at radius 2 is 1.51 bits per heavy atom. The summed E-state index contributed by atoms with van der Waals surface area (Å²) in [5, 5.41) is 2.94. The lowest BCUT2D eigenvalue weighted by Crippen LogP contribution is -2.48. The molecule has 0 atom stereocenters. The Labute approximate surface area is 246 Å². The van der Waals surface area contributed by atoms with Crippen molar-refractivity contribution in [3.63, 3.8) is 0 Å². The van der Waals surface area contributed by atoms with E-state index in [1.165, 1.54) is 16.5 Å². The predicted octanol–water partition coefficient (Wildman–Crippen LogP) is 6.70. The molecule has 4 aromatic carbocycles. The van der Waals surface area contributed by atoms with E-state index in [0.717, 1.165) is 23.9 Å². The van der Waals surface area contributed by atoms with E-state index < -0.39 is 0 Å². The molecule has 5 nitrogen and oxygen atoms in total. The number of benzene rings is 4. The number of nitrogens with zero attached hydrogens (tertiary/aromatic N) is 2. The fraction of sp³-hybridized carbons (Fsp3) is 0.314. The maximum absolute atomic E-state index is 13.7. The summed E-state index contributed by atoms with van der Waals surface area (Å²) < 4.78 is 6.25. The first-order chi connectivity index (χ1) is 20.0. The van der Waals surface area contributed by atoms with Gasteiger partial charge < -0.3 is 14.5 Å². The molecule has 6 heteroatoms. The smallest absolute Gasteiger partial charge is 0.226 e. The summed E-state index contributed by atoms with van der Waals surface area (Å²) in [6.07, 6.45) is 3.09. The molecular formula is C35H35ClN2O3. The molecule has 0 aliphatic carbocycles.